The van der Waals surface area contributed by atoms with Crippen LogP contribution in [0.3, 0.4) is 0 Å². The molecule has 1 saturated heterocycles. The molecular formula is C16H11ClF2N2O4S. The number of imide groups is 1. The molecule has 0 aliphatic carbocycles. The zero-order valence-corrected chi connectivity index (χ0v) is 14.6. The number of urea groups is 1. The summed E-state index contributed by atoms with van der Waals surface area (Å²) in [5, 5.41) is 0.363. The van der Waals surface area contributed by atoms with E-state index in [4.69, 9.17) is 11.6 Å². The maximum atomic E-state index is 13.9. The molecule has 10 heteroatoms. The van der Waals surface area contributed by atoms with Crippen molar-refractivity contribution in [2.45, 2.75) is 0 Å². The van der Waals surface area contributed by atoms with Crippen LogP contribution in [-0.2, 0) is 9.84 Å². The summed E-state index contributed by atoms with van der Waals surface area (Å²) < 4.78 is 52.1. The van der Waals surface area contributed by atoms with Gasteiger partial charge in [0.2, 0.25) is 0 Å². The van der Waals surface area contributed by atoms with Gasteiger partial charge in [-0.05, 0) is 36.4 Å². The zero-order valence-electron chi connectivity index (χ0n) is 13.0. The number of amides is 3. The minimum absolute atomic E-state index is 0.175. The van der Waals surface area contributed by atoms with Crippen LogP contribution in [0.2, 0.25) is 5.02 Å². The summed E-state index contributed by atoms with van der Waals surface area (Å²) in [4.78, 5) is 26.2. The number of carbonyl (C=O) groups is 2. The lowest BCUT2D eigenvalue weighted by atomic mass is 10.1. The second-order valence-corrected chi connectivity index (χ2v) is 7.96. The predicted molar refractivity (Wildman–Crippen MR) is 90.5 cm³/mol. The van der Waals surface area contributed by atoms with Crippen LogP contribution in [-0.4, -0.2) is 37.0 Å². The van der Waals surface area contributed by atoms with E-state index in [1.54, 1.807) is 0 Å². The van der Waals surface area contributed by atoms with E-state index in [2.05, 4.69) is 0 Å². The highest BCUT2D eigenvalue weighted by atomic mass is 35.5. The molecule has 0 radical (unpaired) electrons. The van der Waals surface area contributed by atoms with Crippen molar-refractivity contribution in [1.29, 1.82) is 0 Å². The number of nitrogens with zero attached hydrogens (tertiary/aromatic N) is 2. The average molecular weight is 401 g/mol. The molecular weight excluding hydrogens is 390 g/mol. The fraction of sp³-hybridized carbons (Fsp3) is 0.125. The Bertz CT molecular complexity index is 976. The number of rotatable bonds is 2. The van der Waals surface area contributed by atoms with Crippen molar-refractivity contribution < 1.29 is 26.8 Å². The zero-order chi connectivity index (χ0) is 19.1. The Morgan fingerprint density at radius 3 is 2.15 bits per heavy atom. The van der Waals surface area contributed by atoms with E-state index < -0.39 is 50.7 Å². The molecule has 0 bridgehead atoms. The fourth-order valence-electron chi connectivity index (χ4n) is 2.48. The van der Waals surface area contributed by atoms with E-state index in [1.165, 1.54) is 24.3 Å². The highest BCUT2D eigenvalue weighted by Gasteiger charge is 2.40. The Balaban J connectivity index is 2.03. The van der Waals surface area contributed by atoms with E-state index >= 15 is 0 Å². The summed E-state index contributed by atoms with van der Waals surface area (Å²) in [7, 11) is -3.92. The molecule has 0 unspecified atom stereocenters. The first-order valence-electron chi connectivity index (χ1n) is 7.23. The van der Waals surface area contributed by atoms with Gasteiger partial charge >= 0.3 is 6.03 Å². The first-order valence-corrected chi connectivity index (χ1v) is 9.43. The number of halogens is 3. The van der Waals surface area contributed by atoms with Gasteiger partial charge in [0.25, 0.3) is 5.91 Å². The molecule has 1 fully saturated rings. The van der Waals surface area contributed by atoms with Gasteiger partial charge < -0.3 is 0 Å². The third kappa shape index (κ3) is 3.40. The fourth-order valence-corrected chi connectivity index (χ4v) is 3.96. The molecule has 1 aliphatic heterocycles. The summed E-state index contributed by atoms with van der Waals surface area (Å²) in [6.45, 7) is 0. The Morgan fingerprint density at radius 2 is 1.58 bits per heavy atom. The molecule has 0 atom stereocenters. The summed E-state index contributed by atoms with van der Waals surface area (Å²) in [6.07, 6.45) is 0. The Hall–Kier alpha value is -2.52. The molecule has 0 aromatic heterocycles. The lowest BCUT2D eigenvalue weighted by Crippen LogP contribution is -2.56. The topological polar surface area (TPSA) is 74.8 Å². The van der Waals surface area contributed by atoms with Crippen LogP contribution in [0.15, 0.2) is 42.5 Å². The van der Waals surface area contributed by atoms with Crippen molar-refractivity contribution in [1.82, 2.24) is 4.90 Å². The quantitative estimate of drug-likeness (QED) is 0.776. The molecule has 0 N–H and O–H groups in total. The first-order chi connectivity index (χ1) is 12.2. The largest absolute Gasteiger partial charge is 0.333 e. The van der Waals surface area contributed by atoms with E-state index in [9.17, 15) is 26.8 Å². The number of carbonyl (C=O) groups excluding carboxylic acids is 2. The van der Waals surface area contributed by atoms with Crippen LogP contribution in [0.25, 0.3) is 0 Å². The minimum atomic E-state index is -3.92. The average Bonchev–Trinajstić information content (AvgIpc) is 2.57. The standard InChI is InChI=1S/C16H11ClF2N2O4S/c17-10-4-6-11(7-5-10)20-8-26(24,25)9-21(16(20)23)15(22)14-12(18)2-1-3-13(14)19/h1-7H,8-9H2. The van der Waals surface area contributed by atoms with Crippen molar-refractivity contribution in [3.05, 3.63) is 64.7 Å². The van der Waals surface area contributed by atoms with Gasteiger partial charge in [0, 0.05) is 10.7 Å². The Kier molecular flexibility index (Phi) is 4.68. The number of benzene rings is 2. The van der Waals surface area contributed by atoms with Gasteiger partial charge in [0.05, 0.1) is 0 Å². The van der Waals surface area contributed by atoms with Crippen LogP contribution >= 0.6 is 11.6 Å². The third-order valence-electron chi connectivity index (χ3n) is 3.67. The maximum absolute atomic E-state index is 13.9. The minimum Gasteiger partial charge on any atom is -0.279 e. The molecule has 0 saturated carbocycles. The highest BCUT2D eigenvalue weighted by molar-refractivity contribution is 7.91. The lowest BCUT2D eigenvalue weighted by Gasteiger charge is -2.34. The van der Waals surface area contributed by atoms with Gasteiger partial charge in [-0.3, -0.25) is 9.69 Å². The molecule has 2 aromatic rings. The van der Waals surface area contributed by atoms with Crippen LogP contribution < -0.4 is 4.90 Å². The summed E-state index contributed by atoms with van der Waals surface area (Å²) in [5.41, 5.74) is -0.816. The lowest BCUT2D eigenvalue weighted by molar-refractivity contribution is 0.0814. The van der Waals surface area contributed by atoms with E-state index in [0.717, 1.165) is 23.1 Å². The van der Waals surface area contributed by atoms with Crippen molar-refractivity contribution in [3.8, 4) is 0 Å². The molecule has 6 nitrogen and oxygen atoms in total. The highest BCUT2D eigenvalue weighted by Crippen LogP contribution is 2.25. The first kappa shape index (κ1) is 18.3. The van der Waals surface area contributed by atoms with Crippen LogP contribution in [0.5, 0.6) is 0 Å². The molecule has 136 valence electrons. The molecule has 3 amide bonds. The second-order valence-electron chi connectivity index (χ2n) is 5.52. The van der Waals surface area contributed by atoms with E-state index in [1.807, 2.05) is 0 Å². The van der Waals surface area contributed by atoms with E-state index in [0.29, 0.717) is 9.92 Å². The summed E-state index contributed by atoms with van der Waals surface area (Å²) >= 11 is 5.77. The van der Waals surface area contributed by atoms with Crippen LogP contribution in [0.4, 0.5) is 19.3 Å². The number of sulfone groups is 1. The van der Waals surface area contributed by atoms with E-state index in [-0.39, 0.29) is 5.69 Å². The second kappa shape index (κ2) is 6.65. The van der Waals surface area contributed by atoms with Gasteiger partial charge in [0.15, 0.2) is 9.84 Å². The van der Waals surface area contributed by atoms with Gasteiger partial charge in [0.1, 0.15) is 29.0 Å². The number of hydrogen-bond donors (Lipinski definition) is 0. The molecule has 3 rings (SSSR count). The molecule has 2 aromatic carbocycles. The van der Waals surface area contributed by atoms with Crippen molar-refractivity contribution >= 4 is 39.1 Å². The Labute approximate surface area is 152 Å². The smallest absolute Gasteiger partial charge is 0.279 e. The summed E-state index contributed by atoms with van der Waals surface area (Å²) in [5.74, 6) is -5.39. The maximum Gasteiger partial charge on any atom is 0.333 e. The third-order valence-corrected chi connectivity index (χ3v) is 5.23. The van der Waals surface area contributed by atoms with Crippen molar-refractivity contribution in [2.75, 3.05) is 16.7 Å². The van der Waals surface area contributed by atoms with Gasteiger partial charge in [-0.2, -0.15) is 0 Å². The van der Waals surface area contributed by atoms with Gasteiger partial charge in [-0.25, -0.2) is 26.9 Å². The van der Waals surface area contributed by atoms with Crippen LogP contribution in [0.1, 0.15) is 10.4 Å². The van der Waals surface area contributed by atoms with Gasteiger partial charge in [-0.1, -0.05) is 17.7 Å². The molecule has 0 spiro atoms. The molecule has 26 heavy (non-hydrogen) atoms. The molecule has 1 aliphatic rings. The normalized spacial score (nSPS) is 16.7. The predicted octanol–water partition coefficient (Wildman–Crippen LogP) is 3.03. The molecule has 1 heterocycles. The number of anilines is 1. The van der Waals surface area contributed by atoms with Crippen LogP contribution in [0, 0.1) is 11.6 Å². The van der Waals surface area contributed by atoms with Gasteiger partial charge in [-0.15, -0.1) is 0 Å². The van der Waals surface area contributed by atoms with Crippen molar-refractivity contribution in [2.24, 2.45) is 0 Å². The SMILES string of the molecule is O=C(c1c(F)cccc1F)N1CS(=O)(=O)CN(c2ccc(Cl)cc2)C1=O. The summed E-state index contributed by atoms with van der Waals surface area (Å²) in [6, 6.07) is 7.40. The number of hydrogen-bond acceptors (Lipinski definition) is 4. The Morgan fingerprint density at radius 1 is 1.00 bits per heavy atom. The van der Waals surface area contributed by atoms with Crippen molar-refractivity contribution in [3.63, 3.8) is 0 Å². The monoisotopic (exact) mass is 400 g/mol.